The summed E-state index contributed by atoms with van der Waals surface area (Å²) in [4.78, 5) is 26.2. The summed E-state index contributed by atoms with van der Waals surface area (Å²) in [5.74, 6) is -0.101. The molecular formula is C19H29N3O3. The number of piperidine rings is 1. The molecule has 0 aromatic carbocycles. The molecule has 3 heterocycles. The zero-order valence-electron chi connectivity index (χ0n) is 15.3. The van der Waals surface area contributed by atoms with Crippen LogP contribution in [0.4, 0.5) is 0 Å². The van der Waals surface area contributed by atoms with Crippen molar-refractivity contribution in [1.82, 2.24) is 9.47 Å². The Morgan fingerprint density at radius 2 is 1.96 bits per heavy atom. The Morgan fingerprint density at radius 1 is 1.24 bits per heavy atom. The molecule has 2 aliphatic heterocycles. The van der Waals surface area contributed by atoms with E-state index in [2.05, 4.69) is 16.4 Å². The highest BCUT2D eigenvalue weighted by Crippen LogP contribution is 2.22. The van der Waals surface area contributed by atoms with Crippen molar-refractivity contribution < 1.29 is 14.3 Å². The molecular weight excluding hydrogens is 318 g/mol. The van der Waals surface area contributed by atoms with Gasteiger partial charge in [-0.1, -0.05) is 0 Å². The predicted molar refractivity (Wildman–Crippen MR) is 95.6 cm³/mol. The molecule has 1 aromatic heterocycles. The average Bonchev–Trinajstić information content (AvgIpc) is 3.19. The van der Waals surface area contributed by atoms with Crippen molar-refractivity contribution in [2.75, 3.05) is 26.2 Å². The van der Waals surface area contributed by atoms with E-state index in [0.29, 0.717) is 6.54 Å². The number of hydrogen-bond acceptors (Lipinski definition) is 4. The lowest BCUT2D eigenvalue weighted by atomic mass is 9.96. The van der Waals surface area contributed by atoms with Gasteiger partial charge < -0.3 is 15.0 Å². The number of carbonyl (C=O) groups is 2. The van der Waals surface area contributed by atoms with Gasteiger partial charge in [0.05, 0.1) is 12.6 Å². The third kappa shape index (κ3) is 4.12. The second-order valence-corrected chi connectivity index (χ2v) is 7.41. The second kappa shape index (κ2) is 7.70. The third-order valence-electron chi connectivity index (χ3n) is 5.64. The molecule has 0 bridgehead atoms. The van der Waals surface area contributed by atoms with E-state index >= 15 is 0 Å². The Balaban J connectivity index is 1.61. The van der Waals surface area contributed by atoms with Gasteiger partial charge in [0.2, 0.25) is 5.91 Å². The zero-order valence-corrected chi connectivity index (χ0v) is 15.3. The van der Waals surface area contributed by atoms with Crippen LogP contribution >= 0.6 is 0 Å². The van der Waals surface area contributed by atoms with Crippen LogP contribution in [0.5, 0.6) is 0 Å². The highest BCUT2D eigenvalue weighted by molar-refractivity contribution is 5.99. The lowest BCUT2D eigenvalue weighted by molar-refractivity contribution is -0.123. The van der Waals surface area contributed by atoms with Gasteiger partial charge in [-0.15, -0.1) is 0 Å². The van der Waals surface area contributed by atoms with Crippen LogP contribution in [0, 0.1) is 19.8 Å². The summed E-state index contributed by atoms with van der Waals surface area (Å²) in [5, 5.41) is 0. The summed E-state index contributed by atoms with van der Waals surface area (Å²) in [6.07, 6.45) is 3.98. The molecule has 2 N–H and O–H groups in total. The minimum Gasteiger partial charge on any atom is -0.376 e. The van der Waals surface area contributed by atoms with Crippen LogP contribution in [0.3, 0.4) is 0 Å². The molecule has 1 atom stereocenters. The number of ketones is 1. The maximum atomic E-state index is 12.8. The number of nitrogens with zero attached hydrogens (tertiary/aromatic N) is 2. The van der Waals surface area contributed by atoms with E-state index in [-0.39, 0.29) is 23.7 Å². The standard InChI is InChI=1S/C19H29N3O3/c1-13-10-17(14(2)22(13)11-16-4-3-9-25-16)18(23)12-21-7-5-15(6-8-21)19(20)24/h10,15-16H,3-9,11-12H2,1-2H3,(H2,20,24)/t16-/m1/s1. The molecule has 1 aromatic rings. The number of rotatable bonds is 6. The highest BCUT2D eigenvalue weighted by atomic mass is 16.5. The summed E-state index contributed by atoms with van der Waals surface area (Å²) in [7, 11) is 0. The van der Waals surface area contributed by atoms with Gasteiger partial charge in [-0.05, 0) is 58.7 Å². The molecule has 138 valence electrons. The van der Waals surface area contributed by atoms with Crippen LogP contribution in [-0.2, 0) is 16.1 Å². The number of aromatic nitrogens is 1. The van der Waals surface area contributed by atoms with E-state index in [0.717, 1.165) is 68.9 Å². The summed E-state index contributed by atoms with van der Waals surface area (Å²) in [6, 6.07) is 2.00. The molecule has 6 nitrogen and oxygen atoms in total. The first-order chi connectivity index (χ1) is 12.0. The number of nitrogens with two attached hydrogens (primary N) is 1. The predicted octanol–water partition coefficient (Wildman–Crippen LogP) is 1.66. The van der Waals surface area contributed by atoms with Gasteiger partial charge in [0.1, 0.15) is 0 Å². The van der Waals surface area contributed by atoms with Gasteiger partial charge in [0.15, 0.2) is 5.78 Å². The molecule has 6 heteroatoms. The fraction of sp³-hybridized carbons (Fsp3) is 0.684. The van der Waals surface area contributed by atoms with Crippen molar-refractivity contribution >= 4 is 11.7 Å². The maximum absolute atomic E-state index is 12.8. The number of amides is 1. The Labute approximate surface area is 149 Å². The Hall–Kier alpha value is -1.66. The first-order valence-corrected chi connectivity index (χ1v) is 9.29. The molecule has 0 spiro atoms. The van der Waals surface area contributed by atoms with Crippen molar-refractivity contribution in [3.8, 4) is 0 Å². The van der Waals surface area contributed by atoms with Gasteiger partial charge in [0.25, 0.3) is 0 Å². The van der Waals surface area contributed by atoms with Crippen LogP contribution < -0.4 is 5.73 Å². The minimum absolute atomic E-state index is 0.0390. The van der Waals surface area contributed by atoms with E-state index in [1.807, 2.05) is 13.0 Å². The van der Waals surface area contributed by atoms with Crippen LogP contribution in [-0.4, -0.2) is 53.5 Å². The Bertz CT molecular complexity index is 639. The monoisotopic (exact) mass is 347 g/mol. The molecule has 2 aliphatic rings. The van der Waals surface area contributed by atoms with E-state index in [4.69, 9.17) is 10.5 Å². The first-order valence-electron chi connectivity index (χ1n) is 9.29. The van der Waals surface area contributed by atoms with Crippen LogP contribution in [0.15, 0.2) is 6.07 Å². The maximum Gasteiger partial charge on any atom is 0.220 e. The SMILES string of the molecule is Cc1cc(C(=O)CN2CCC(C(N)=O)CC2)c(C)n1C[C@H]1CCCO1. The largest absolute Gasteiger partial charge is 0.376 e. The second-order valence-electron chi connectivity index (χ2n) is 7.41. The minimum atomic E-state index is -0.219. The molecule has 0 saturated carbocycles. The van der Waals surface area contributed by atoms with Gasteiger partial charge in [-0.3, -0.25) is 14.5 Å². The molecule has 25 heavy (non-hydrogen) atoms. The summed E-state index contributed by atoms with van der Waals surface area (Å²) in [6.45, 7) is 7.68. The lowest BCUT2D eigenvalue weighted by Gasteiger charge is -2.29. The smallest absolute Gasteiger partial charge is 0.220 e. The van der Waals surface area contributed by atoms with Gasteiger partial charge in [-0.2, -0.15) is 0 Å². The number of hydrogen-bond donors (Lipinski definition) is 1. The number of Topliss-reactive ketones (excluding diaryl/α,β-unsaturated/α-hetero) is 1. The summed E-state index contributed by atoms with van der Waals surface area (Å²) in [5.41, 5.74) is 8.33. The average molecular weight is 347 g/mol. The van der Waals surface area contributed by atoms with Crippen LogP contribution in [0.2, 0.25) is 0 Å². The van der Waals surface area contributed by atoms with E-state index < -0.39 is 0 Å². The highest BCUT2D eigenvalue weighted by Gasteiger charge is 2.26. The number of aryl methyl sites for hydroxylation is 1. The molecule has 0 unspecified atom stereocenters. The van der Waals surface area contributed by atoms with Crippen molar-refractivity contribution in [3.05, 3.63) is 23.0 Å². The Morgan fingerprint density at radius 3 is 2.56 bits per heavy atom. The van der Waals surface area contributed by atoms with E-state index in [1.165, 1.54) is 0 Å². The van der Waals surface area contributed by atoms with Gasteiger partial charge in [-0.25, -0.2) is 0 Å². The zero-order chi connectivity index (χ0) is 18.0. The number of primary amides is 1. The van der Waals surface area contributed by atoms with Crippen molar-refractivity contribution in [1.29, 1.82) is 0 Å². The van der Waals surface area contributed by atoms with Crippen molar-refractivity contribution in [2.45, 2.75) is 52.2 Å². The molecule has 1 amide bonds. The van der Waals surface area contributed by atoms with E-state index in [1.54, 1.807) is 0 Å². The van der Waals surface area contributed by atoms with Crippen LogP contribution in [0.25, 0.3) is 0 Å². The molecule has 3 rings (SSSR count). The van der Waals surface area contributed by atoms with Crippen molar-refractivity contribution in [2.24, 2.45) is 11.7 Å². The topological polar surface area (TPSA) is 77.6 Å². The normalized spacial score (nSPS) is 22.4. The fourth-order valence-corrected chi connectivity index (χ4v) is 4.02. The number of ether oxygens (including phenoxy) is 1. The molecule has 0 radical (unpaired) electrons. The first kappa shape index (κ1) is 18.1. The van der Waals surface area contributed by atoms with Gasteiger partial charge >= 0.3 is 0 Å². The molecule has 2 saturated heterocycles. The number of carbonyl (C=O) groups excluding carboxylic acids is 2. The fourth-order valence-electron chi connectivity index (χ4n) is 4.02. The quantitative estimate of drug-likeness (QED) is 0.794. The molecule has 0 aliphatic carbocycles. The lowest BCUT2D eigenvalue weighted by Crippen LogP contribution is -2.40. The molecule has 2 fully saturated rings. The summed E-state index contributed by atoms with van der Waals surface area (Å²) < 4.78 is 7.95. The van der Waals surface area contributed by atoms with Crippen molar-refractivity contribution in [3.63, 3.8) is 0 Å². The van der Waals surface area contributed by atoms with E-state index in [9.17, 15) is 9.59 Å². The third-order valence-corrected chi connectivity index (χ3v) is 5.64. The number of likely N-dealkylation sites (tertiary alicyclic amines) is 1. The van der Waals surface area contributed by atoms with Crippen LogP contribution in [0.1, 0.15) is 47.4 Å². The Kier molecular flexibility index (Phi) is 5.59. The van der Waals surface area contributed by atoms with Gasteiger partial charge in [0, 0.05) is 36.0 Å². The summed E-state index contributed by atoms with van der Waals surface area (Å²) >= 11 is 0.